The van der Waals surface area contributed by atoms with Crippen LogP contribution in [0.15, 0.2) is 24.5 Å². The number of nitrogens with zero attached hydrogens (tertiary/aromatic N) is 1. The number of nitrogens with one attached hydrogen (secondary N) is 1. The quantitative estimate of drug-likeness (QED) is 0.819. The fraction of sp³-hybridized carbons (Fsp3) is 0.615. The van der Waals surface area contributed by atoms with Gasteiger partial charge in [-0.2, -0.15) is 0 Å². The third-order valence-electron chi connectivity index (χ3n) is 3.38. The van der Waals surface area contributed by atoms with Gasteiger partial charge < -0.3 is 10.4 Å². The molecule has 1 aromatic heterocycles. The smallest absolute Gasteiger partial charge is 0.0693 e. The van der Waals surface area contributed by atoms with Gasteiger partial charge in [-0.3, -0.25) is 4.98 Å². The van der Waals surface area contributed by atoms with Crippen LogP contribution in [0.2, 0.25) is 0 Å². The van der Waals surface area contributed by atoms with E-state index < -0.39 is 0 Å². The molecule has 16 heavy (non-hydrogen) atoms. The van der Waals surface area contributed by atoms with Crippen LogP contribution in [0.25, 0.3) is 0 Å². The summed E-state index contributed by atoms with van der Waals surface area (Å²) in [7, 11) is 0. The molecule has 0 amide bonds. The Morgan fingerprint density at radius 1 is 1.44 bits per heavy atom. The first kappa shape index (κ1) is 11.6. The van der Waals surface area contributed by atoms with Gasteiger partial charge in [-0.15, -0.1) is 0 Å². The molecule has 0 unspecified atom stereocenters. The molecule has 1 saturated carbocycles. The molecule has 2 rings (SSSR count). The molecule has 0 aliphatic heterocycles. The van der Waals surface area contributed by atoms with Crippen LogP contribution in [0.5, 0.6) is 0 Å². The van der Waals surface area contributed by atoms with Crippen molar-refractivity contribution in [2.45, 2.75) is 50.8 Å². The zero-order valence-electron chi connectivity index (χ0n) is 9.76. The highest BCUT2D eigenvalue weighted by Gasteiger charge is 2.24. The summed E-state index contributed by atoms with van der Waals surface area (Å²) in [5, 5.41) is 13.4. The van der Waals surface area contributed by atoms with Crippen molar-refractivity contribution < 1.29 is 5.11 Å². The monoisotopic (exact) mass is 220 g/mol. The van der Waals surface area contributed by atoms with Crippen LogP contribution < -0.4 is 5.32 Å². The van der Waals surface area contributed by atoms with Crippen LogP contribution in [0, 0.1) is 0 Å². The lowest BCUT2D eigenvalue weighted by Crippen LogP contribution is -2.43. The minimum Gasteiger partial charge on any atom is -0.392 e. The fourth-order valence-electron chi connectivity index (χ4n) is 2.36. The van der Waals surface area contributed by atoms with E-state index in [4.69, 9.17) is 0 Å². The van der Waals surface area contributed by atoms with Crippen molar-refractivity contribution in [1.29, 1.82) is 0 Å². The van der Waals surface area contributed by atoms with E-state index in [1.54, 1.807) is 6.20 Å². The van der Waals surface area contributed by atoms with Crippen LogP contribution in [-0.2, 0) is 0 Å². The Kier molecular flexibility index (Phi) is 3.91. The lowest BCUT2D eigenvalue weighted by molar-refractivity contribution is 0.0859. The van der Waals surface area contributed by atoms with Gasteiger partial charge in [0.1, 0.15) is 0 Å². The van der Waals surface area contributed by atoms with Gasteiger partial charge in [-0.25, -0.2) is 0 Å². The molecular weight excluding hydrogens is 200 g/mol. The molecule has 3 atom stereocenters. The molecule has 1 aliphatic carbocycles. The largest absolute Gasteiger partial charge is 0.392 e. The van der Waals surface area contributed by atoms with Crippen molar-refractivity contribution >= 4 is 0 Å². The second kappa shape index (κ2) is 5.41. The third kappa shape index (κ3) is 2.80. The molecule has 1 aliphatic rings. The van der Waals surface area contributed by atoms with Crippen molar-refractivity contribution in [2.24, 2.45) is 0 Å². The average molecular weight is 220 g/mol. The Morgan fingerprint density at radius 3 is 2.94 bits per heavy atom. The van der Waals surface area contributed by atoms with Gasteiger partial charge >= 0.3 is 0 Å². The van der Waals surface area contributed by atoms with Crippen molar-refractivity contribution in [3.05, 3.63) is 30.1 Å². The minimum atomic E-state index is -0.187. The third-order valence-corrected chi connectivity index (χ3v) is 3.38. The van der Waals surface area contributed by atoms with E-state index in [-0.39, 0.29) is 18.2 Å². The highest BCUT2D eigenvalue weighted by Crippen LogP contribution is 2.21. The van der Waals surface area contributed by atoms with E-state index in [2.05, 4.69) is 23.3 Å². The first-order valence-corrected chi connectivity index (χ1v) is 6.11. The number of aliphatic hydroxyl groups excluding tert-OH is 1. The van der Waals surface area contributed by atoms with Crippen LogP contribution in [0.3, 0.4) is 0 Å². The molecular formula is C13H20N2O. The molecule has 0 saturated heterocycles. The molecule has 88 valence electrons. The molecule has 1 fully saturated rings. The molecule has 0 radical (unpaired) electrons. The van der Waals surface area contributed by atoms with Crippen molar-refractivity contribution in [1.82, 2.24) is 10.3 Å². The van der Waals surface area contributed by atoms with E-state index in [0.717, 1.165) is 19.3 Å². The SMILES string of the molecule is C[C@H](N[C@H]1CCCC[C@@H]1O)c1cccnc1. The van der Waals surface area contributed by atoms with Crippen molar-refractivity contribution in [3.63, 3.8) is 0 Å². The zero-order chi connectivity index (χ0) is 11.4. The Labute approximate surface area is 96.9 Å². The van der Waals surface area contributed by atoms with Gasteiger partial charge in [0.25, 0.3) is 0 Å². The van der Waals surface area contributed by atoms with Crippen LogP contribution in [-0.4, -0.2) is 22.2 Å². The maximum absolute atomic E-state index is 9.89. The maximum atomic E-state index is 9.89. The average Bonchev–Trinajstić information content (AvgIpc) is 2.33. The number of aromatic nitrogens is 1. The first-order chi connectivity index (χ1) is 7.77. The predicted octanol–water partition coefficient (Wildman–Crippen LogP) is 2.04. The van der Waals surface area contributed by atoms with E-state index >= 15 is 0 Å². The predicted molar refractivity (Wildman–Crippen MR) is 64.1 cm³/mol. The Bertz CT molecular complexity index is 315. The maximum Gasteiger partial charge on any atom is 0.0693 e. The highest BCUT2D eigenvalue weighted by atomic mass is 16.3. The Hall–Kier alpha value is -0.930. The summed E-state index contributed by atoms with van der Waals surface area (Å²) in [6.07, 6.45) is 7.85. The van der Waals surface area contributed by atoms with Crippen LogP contribution in [0.4, 0.5) is 0 Å². The topological polar surface area (TPSA) is 45.1 Å². The van der Waals surface area contributed by atoms with Gasteiger partial charge in [0.05, 0.1) is 6.10 Å². The second-order valence-electron chi connectivity index (χ2n) is 4.63. The molecule has 0 aromatic carbocycles. The van der Waals surface area contributed by atoms with Gasteiger partial charge in [0.2, 0.25) is 0 Å². The molecule has 0 spiro atoms. The number of rotatable bonds is 3. The lowest BCUT2D eigenvalue weighted by Gasteiger charge is -2.31. The summed E-state index contributed by atoms with van der Waals surface area (Å²) in [4.78, 5) is 4.12. The molecule has 0 bridgehead atoms. The van der Waals surface area contributed by atoms with Crippen molar-refractivity contribution in [2.75, 3.05) is 0 Å². The Balaban J connectivity index is 1.94. The standard InChI is InChI=1S/C13H20N2O/c1-10(11-5-4-8-14-9-11)15-12-6-2-3-7-13(12)16/h4-5,8-10,12-13,15-16H,2-3,6-7H2,1H3/t10-,12-,13-/m0/s1. The fourth-order valence-corrected chi connectivity index (χ4v) is 2.36. The van der Waals surface area contributed by atoms with Gasteiger partial charge in [-0.05, 0) is 31.4 Å². The molecule has 2 N–H and O–H groups in total. The summed E-state index contributed by atoms with van der Waals surface area (Å²) in [6, 6.07) is 4.51. The number of pyridine rings is 1. The summed E-state index contributed by atoms with van der Waals surface area (Å²) in [5.41, 5.74) is 1.18. The summed E-state index contributed by atoms with van der Waals surface area (Å²) >= 11 is 0. The van der Waals surface area contributed by atoms with Crippen LogP contribution in [0.1, 0.15) is 44.2 Å². The number of hydrogen-bond donors (Lipinski definition) is 2. The zero-order valence-corrected chi connectivity index (χ0v) is 9.76. The number of aliphatic hydroxyl groups is 1. The normalized spacial score (nSPS) is 27.6. The number of hydrogen-bond acceptors (Lipinski definition) is 3. The summed E-state index contributed by atoms with van der Waals surface area (Å²) < 4.78 is 0. The molecule has 1 heterocycles. The highest BCUT2D eigenvalue weighted by molar-refractivity contribution is 5.13. The van der Waals surface area contributed by atoms with Gasteiger partial charge in [0.15, 0.2) is 0 Å². The van der Waals surface area contributed by atoms with Crippen molar-refractivity contribution in [3.8, 4) is 0 Å². The molecule has 1 aromatic rings. The lowest BCUT2D eigenvalue weighted by atomic mass is 9.91. The second-order valence-corrected chi connectivity index (χ2v) is 4.63. The Morgan fingerprint density at radius 2 is 2.25 bits per heavy atom. The van der Waals surface area contributed by atoms with E-state index in [0.29, 0.717) is 0 Å². The molecule has 3 nitrogen and oxygen atoms in total. The molecule has 3 heteroatoms. The van der Waals surface area contributed by atoms with Gasteiger partial charge in [-0.1, -0.05) is 18.9 Å². The van der Waals surface area contributed by atoms with Gasteiger partial charge in [0, 0.05) is 24.5 Å². The minimum absolute atomic E-state index is 0.187. The van der Waals surface area contributed by atoms with E-state index in [1.165, 1.54) is 12.0 Å². The van der Waals surface area contributed by atoms with E-state index in [1.807, 2.05) is 12.3 Å². The van der Waals surface area contributed by atoms with Crippen LogP contribution >= 0.6 is 0 Å². The van der Waals surface area contributed by atoms with E-state index in [9.17, 15) is 5.11 Å². The summed E-state index contributed by atoms with van der Waals surface area (Å²) in [6.45, 7) is 2.12. The first-order valence-electron chi connectivity index (χ1n) is 6.11. The summed E-state index contributed by atoms with van der Waals surface area (Å²) in [5.74, 6) is 0.